The zero-order valence-electron chi connectivity index (χ0n) is 31.9. The smallest absolute Gasteiger partial charge is 0.408 e. The first kappa shape index (κ1) is 38.3. The minimum Gasteiger partial charge on any atom is -0.471 e. The Balaban J connectivity index is 1.15. The van der Waals surface area contributed by atoms with E-state index in [-0.39, 0.29) is 25.0 Å². The molecule has 300 valence electrons. The first-order valence-electron chi connectivity index (χ1n) is 20.4. The molecule has 3 aliphatic heterocycles. The number of ether oxygens (including phenoxy) is 2. The van der Waals surface area contributed by atoms with Crippen molar-refractivity contribution in [3.05, 3.63) is 54.3 Å². The molecule has 4 heterocycles. The molecule has 2 aromatic rings. The number of nitrogens with zero attached hydrogens (tertiary/aromatic N) is 3. The van der Waals surface area contributed by atoms with Crippen LogP contribution in [0.4, 0.5) is 4.79 Å². The van der Waals surface area contributed by atoms with E-state index < -0.39 is 68.2 Å². The van der Waals surface area contributed by atoms with Crippen LogP contribution in [0.2, 0.25) is 0 Å². The fourth-order valence-electron chi connectivity index (χ4n) is 8.61. The van der Waals surface area contributed by atoms with Gasteiger partial charge in [-0.3, -0.25) is 19.1 Å². The Morgan fingerprint density at radius 3 is 2.52 bits per heavy atom. The van der Waals surface area contributed by atoms with Crippen molar-refractivity contribution in [1.82, 2.24) is 30.2 Å². The van der Waals surface area contributed by atoms with Crippen LogP contribution in [0.1, 0.15) is 103 Å². The second kappa shape index (κ2) is 15.4. The highest BCUT2D eigenvalue weighted by Crippen LogP contribution is 2.43. The van der Waals surface area contributed by atoms with Gasteiger partial charge < -0.3 is 25.0 Å². The lowest BCUT2D eigenvalue weighted by Crippen LogP contribution is -2.64. The number of aromatic nitrogens is 2. The summed E-state index contributed by atoms with van der Waals surface area (Å²) in [6.45, 7) is 1.61. The van der Waals surface area contributed by atoms with E-state index in [9.17, 15) is 27.6 Å². The summed E-state index contributed by atoms with van der Waals surface area (Å²) < 4.78 is 40.4. The number of fused-ring (bicyclic) bond motifs is 6. The van der Waals surface area contributed by atoms with Crippen molar-refractivity contribution in [2.45, 2.75) is 138 Å². The molecule has 1 saturated heterocycles. The highest BCUT2D eigenvalue weighted by molar-refractivity contribution is 7.91. The summed E-state index contributed by atoms with van der Waals surface area (Å²) in [4.78, 5) is 68.1. The van der Waals surface area contributed by atoms with Gasteiger partial charge in [0.15, 0.2) is 0 Å². The van der Waals surface area contributed by atoms with Crippen LogP contribution in [0.3, 0.4) is 0 Å². The highest BCUT2D eigenvalue weighted by atomic mass is 32.2. The first-order chi connectivity index (χ1) is 26.9. The molecular formula is C41H52N6O8S. The molecule has 15 heteroatoms. The molecule has 7 unspecified atom stereocenters. The van der Waals surface area contributed by atoms with Crippen molar-refractivity contribution in [1.29, 1.82) is 0 Å². The molecular weight excluding hydrogens is 737 g/mol. The van der Waals surface area contributed by atoms with Crippen LogP contribution in [0.5, 0.6) is 5.88 Å². The number of carbonyl (C=O) groups is 4. The maximum absolute atomic E-state index is 14.7. The van der Waals surface area contributed by atoms with E-state index in [4.69, 9.17) is 19.4 Å². The van der Waals surface area contributed by atoms with Gasteiger partial charge in [0, 0.05) is 12.3 Å². The van der Waals surface area contributed by atoms with Gasteiger partial charge in [0.05, 0.1) is 22.3 Å². The molecule has 6 aliphatic rings. The Morgan fingerprint density at radius 2 is 1.71 bits per heavy atom. The fraction of sp³-hybridized carbons (Fsp3) is 0.610. The summed E-state index contributed by atoms with van der Waals surface area (Å²) in [6.07, 6.45) is 15.4. The quantitative estimate of drug-likeness (QED) is 0.374. The molecule has 0 radical (unpaired) electrons. The third-order valence-corrected chi connectivity index (χ3v) is 14.7. The predicted molar refractivity (Wildman–Crippen MR) is 207 cm³/mol. The summed E-state index contributed by atoms with van der Waals surface area (Å²) in [5.41, 5.74) is 0.379. The van der Waals surface area contributed by atoms with Gasteiger partial charge in [-0.1, -0.05) is 62.1 Å². The Kier molecular flexibility index (Phi) is 10.6. The number of amides is 4. The van der Waals surface area contributed by atoms with Crippen molar-refractivity contribution in [3.8, 4) is 5.88 Å². The van der Waals surface area contributed by atoms with E-state index in [1.165, 1.54) is 4.90 Å². The molecule has 1 aromatic heterocycles. The molecule has 0 spiro atoms. The maximum atomic E-state index is 14.7. The number of benzene rings is 1. The summed E-state index contributed by atoms with van der Waals surface area (Å²) >= 11 is 0. The topological polar surface area (TPSA) is 186 Å². The van der Waals surface area contributed by atoms with Crippen LogP contribution in [0.25, 0.3) is 11.0 Å². The summed E-state index contributed by atoms with van der Waals surface area (Å²) in [6, 6.07) is 5.48. The minimum absolute atomic E-state index is 0.00783. The Hall–Kier alpha value is -4.53. The van der Waals surface area contributed by atoms with Crippen molar-refractivity contribution in [2.24, 2.45) is 11.8 Å². The average molecular weight is 789 g/mol. The number of alkyl carbamates (subject to hydrolysis) is 1. The van der Waals surface area contributed by atoms with Crippen LogP contribution in [0.15, 0.2) is 48.6 Å². The average Bonchev–Trinajstić information content (AvgIpc) is 4.00. The van der Waals surface area contributed by atoms with Crippen LogP contribution in [-0.4, -0.2) is 88.2 Å². The summed E-state index contributed by atoms with van der Waals surface area (Å²) in [5, 5.41) is 5.80. The number of para-hydroxylation sites is 2. The normalized spacial score (nSPS) is 32.2. The standard InChI is InChI=1S/C41H52N6O8S/c1-40(21-22-40)56(52,53)46-38(50)41-20-12-15-27(41)14-7-3-2-4-8-19-32-37(49)47-25-28(24-33(47)35(48)45-41)54-36-31(42-29-16-10-11-17-30(29)43-36)18-9-5-6-13-26-23-34(26)55-39(51)44-32/h7,10-12,14,16-17,20,26-28,32-34H,2-6,8-9,13,15,18-19,21-25H2,1H3,(H,44,51)(H,45,48)(H,46,50). The highest BCUT2D eigenvalue weighted by Gasteiger charge is 2.55. The summed E-state index contributed by atoms with van der Waals surface area (Å²) in [7, 11) is -4.04. The zero-order valence-corrected chi connectivity index (χ0v) is 32.7. The Morgan fingerprint density at radius 1 is 0.946 bits per heavy atom. The molecule has 7 atom stereocenters. The lowest BCUT2D eigenvalue weighted by Gasteiger charge is -2.35. The van der Waals surface area contributed by atoms with Gasteiger partial charge in [0.2, 0.25) is 27.7 Å². The second-order valence-electron chi connectivity index (χ2n) is 16.7. The van der Waals surface area contributed by atoms with E-state index in [0.29, 0.717) is 62.0 Å². The SMILES string of the molecule is CC1(S(=O)(=O)NC(=O)C23C=CCC2C=CCCCCCC2NC(=O)OC4CC4CCCCCc4nc5ccccc5nc4OC4CC(C(=O)N3)N(C4)C2=O)CC1. The number of hydrogen-bond acceptors (Lipinski definition) is 10. The van der Waals surface area contributed by atoms with Gasteiger partial charge >= 0.3 is 6.09 Å². The van der Waals surface area contributed by atoms with Gasteiger partial charge in [-0.15, -0.1) is 0 Å². The Bertz CT molecular complexity index is 2050. The molecule has 4 amide bonds. The molecule has 56 heavy (non-hydrogen) atoms. The molecule has 8 rings (SSSR count). The molecule has 1 aromatic carbocycles. The summed E-state index contributed by atoms with van der Waals surface area (Å²) in [5.74, 6) is -1.87. The van der Waals surface area contributed by atoms with Crippen LogP contribution >= 0.6 is 0 Å². The molecule has 3 N–H and O–H groups in total. The molecule has 14 nitrogen and oxygen atoms in total. The molecule has 3 fully saturated rings. The number of carbonyl (C=O) groups excluding carboxylic acids is 4. The second-order valence-corrected chi connectivity index (χ2v) is 18.9. The number of allylic oxidation sites excluding steroid dienone is 2. The van der Waals surface area contributed by atoms with Crippen molar-refractivity contribution in [3.63, 3.8) is 0 Å². The van der Waals surface area contributed by atoms with E-state index in [1.807, 2.05) is 36.4 Å². The number of aryl methyl sites for hydroxylation is 1. The first-order valence-corrected chi connectivity index (χ1v) is 21.9. The van der Waals surface area contributed by atoms with Crippen LogP contribution in [0, 0.1) is 11.8 Å². The van der Waals surface area contributed by atoms with E-state index >= 15 is 0 Å². The van der Waals surface area contributed by atoms with E-state index in [1.54, 1.807) is 19.1 Å². The van der Waals surface area contributed by atoms with Crippen molar-refractivity contribution in [2.75, 3.05) is 6.54 Å². The molecule has 2 saturated carbocycles. The molecule has 3 aliphatic carbocycles. The van der Waals surface area contributed by atoms with Gasteiger partial charge in [-0.25, -0.2) is 23.2 Å². The zero-order chi connectivity index (χ0) is 39.1. The van der Waals surface area contributed by atoms with Crippen LogP contribution in [-0.2, 0) is 35.6 Å². The minimum atomic E-state index is -4.04. The monoisotopic (exact) mass is 788 g/mol. The number of hydrogen-bond donors (Lipinski definition) is 3. The number of nitrogens with one attached hydrogen (secondary N) is 3. The van der Waals surface area contributed by atoms with Crippen molar-refractivity contribution < 1.29 is 37.1 Å². The predicted octanol–water partition coefficient (Wildman–Crippen LogP) is 4.53. The number of rotatable bonds is 3. The molecule has 3 bridgehead atoms. The van der Waals surface area contributed by atoms with Gasteiger partial charge in [-0.2, -0.15) is 0 Å². The van der Waals surface area contributed by atoms with Crippen molar-refractivity contribution >= 4 is 44.9 Å². The third kappa shape index (κ3) is 7.88. The lowest BCUT2D eigenvalue weighted by molar-refractivity contribution is -0.141. The van der Waals surface area contributed by atoms with E-state index in [2.05, 4.69) is 15.4 Å². The lowest BCUT2D eigenvalue weighted by atomic mass is 9.85. The van der Waals surface area contributed by atoms with Crippen LogP contribution < -0.4 is 20.1 Å². The van der Waals surface area contributed by atoms with Gasteiger partial charge in [0.1, 0.15) is 35.5 Å². The third-order valence-electron chi connectivity index (χ3n) is 12.6. The number of sulfonamides is 1. The van der Waals surface area contributed by atoms with Gasteiger partial charge in [-0.05, 0) is 89.2 Å². The fourth-order valence-corrected chi connectivity index (χ4v) is 9.91. The largest absolute Gasteiger partial charge is 0.471 e. The van der Waals surface area contributed by atoms with Gasteiger partial charge in [0.25, 0.3) is 5.91 Å². The maximum Gasteiger partial charge on any atom is 0.408 e. The van der Waals surface area contributed by atoms with E-state index in [0.717, 1.165) is 50.5 Å². The Labute approximate surface area is 327 Å².